The second-order valence-corrected chi connectivity index (χ2v) is 8.19. The fraction of sp³-hybridized carbons (Fsp3) is 0.483. The maximum absolute atomic E-state index is 6.09. The average Bonchev–Trinajstić information content (AvgIpc) is 3.37. The molecule has 1 fully saturated rings. The van der Waals surface area contributed by atoms with Crippen LogP contribution in [0.15, 0.2) is 42.6 Å². The number of hydrogen-bond donors (Lipinski definition) is 2. The molecule has 1 aliphatic rings. The molecule has 1 saturated heterocycles. The molecule has 180 valence electrons. The van der Waals surface area contributed by atoms with Crippen LogP contribution in [0.5, 0.6) is 0 Å². The number of fused-ring (bicyclic) bond motifs is 1. The molecule has 3 aromatic rings. The van der Waals surface area contributed by atoms with E-state index in [9.17, 15) is 0 Å². The van der Waals surface area contributed by atoms with Crippen molar-refractivity contribution in [1.82, 2.24) is 9.88 Å². The van der Waals surface area contributed by atoms with Crippen molar-refractivity contribution in [2.45, 2.75) is 73.3 Å². The van der Waals surface area contributed by atoms with Gasteiger partial charge < -0.3 is 11.5 Å². The molecule has 0 unspecified atom stereocenters. The summed E-state index contributed by atoms with van der Waals surface area (Å²) in [7, 11) is 0. The highest BCUT2D eigenvalue weighted by Crippen LogP contribution is 2.27. The highest BCUT2D eigenvalue weighted by Gasteiger charge is 2.15. The van der Waals surface area contributed by atoms with Crippen molar-refractivity contribution < 1.29 is 0 Å². The molecule has 1 aromatic heterocycles. The van der Waals surface area contributed by atoms with Crippen LogP contribution in [-0.4, -0.2) is 29.5 Å². The Morgan fingerprint density at radius 3 is 2.27 bits per heavy atom. The molecule has 2 aromatic carbocycles. The molecule has 33 heavy (non-hydrogen) atoms. The van der Waals surface area contributed by atoms with Crippen LogP contribution >= 0.6 is 0 Å². The van der Waals surface area contributed by atoms with E-state index in [1.807, 2.05) is 40.0 Å². The van der Waals surface area contributed by atoms with Gasteiger partial charge in [0.25, 0.3) is 0 Å². The van der Waals surface area contributed by atoms with Crippen LogP contribution in [0.2, 0.25) is 0 Å². The van der Waals surface area contributed by atoms with Gasteiger partial charge in [-0.15, -0.1) is 0 Å². The zero-order valence-corrected chi connectivity index (χ0v) is 21.5. The van der Waals surface area contributed by atoms with E-state index in [0.717, 1.165) is 37.0 Å². The van der Waals surface area contributed by atoms with Crippen LogP contribution in [0.3, 0.4) is 0 Å². The van der Waals surface area contributed by atoms with Crippen LogP contribution in [0, 0.1) is 0 Å². The molecule has 2 heterocycles. The Morgan fingerprint density at radius 2 is 1.61 bits per heavy atom. The van der Waals surface area contributed by atoms with E-state index in [0.29, 0.717) is 6.54 Å². The summed E-state index contributed by atoms with van der Waals surface area (Å²) < 4.78 is 0. The first-order valence-electron chi connectivity index (χ1n) is 12.9. The zero-order chi connectivity index (χ0) is 24.2. The number of nitrogen functional groups attached to an aromatic ring is 1. The van der Waals surface area contributed by atoms with Gasteiger partial charge in [0.2, 0.25) is 0 Å². The summed E-state index contributed by atoms with van der Waals surface area (Å²) >= 11 is 0. The maximum Gasteiger partial charge on any atom is 0.0708 e. The minimum atomic E-state index is 0.673. The minimum absolute atomic E-state index is 0.673. The molecular formula is C29H44N4. The van der Waals surface area contributed by atoms with Crippen molar-refractivity contribution in [2.75, 3.05) is 25.4 Å². The largest absolute Gasteiger partial charge is 0.399 e. The Kier molecular flexibility index (Phi) is 11.4. The van der Waals surface area contributed by atoms with Crippen molar-refractivity contribution in [1.29, 1.82) is 0 Å². The number of aromatic nitrogens is 1. The Hall–Kier alpha value is -2.43. The molecule has 0 atom stereocenters. The number of hydrogen-bond acceptors (Lipinski definition) is 4. The number of aryl methyl sites for hydroxylation is 1. The van der Waals surface area contributed by atoms with E-state index >= 15 is 0 Å². The van der Waals surface area contributed by atoms with E-state index in [4.69, 9.17) is 16.5 Å². The van der Waals surface area contributed by atoms with Gasteiger partial charge in [-0.05, 0) is 104 Å². The Morgan fingerprint density at radius 1 is 0.879 bits per heavy atom. The van der Waals surface area contributed by atoms with Gasteiger partial charge in [0.1, 0.15) is 0 Å². The molecule has 0 radical (unpaired) electrons. The van der Waals surface area contributed by atoms with Gasteiger partial charge >= 0.3 is 0 Å². The van der Waals surface area contributed by atoms with Crippen molar-refractivity contribution in [3.63, 3.8) is 0 Å². The van der Waals surface area contributed by atoms with E-state index in [1.165, 1.54) is 59.1 Å². The van der Waals surface area contributed by atoms with Gasteiger partial charge in [-0.25, -0.2) is 0 Å². The van der Waals surface area contributed by atoms with Crippen molar-refractivity contribution >= 4 is 16.6 Å². The number of nitrogens with two attached hydrogens (primary N) is 2. The molecule has 4 N–H and O–H groups in total. The molecule has 1 aliphatic heterocycles. The molecule has 0 saturated carbocycles. The Labute approximate surface area is 201 Å². The summed E-state index contributed by atoms with van der Waals surface area (Å²) in [6, 6.07) is 13.2. The van der Waals surface area contributed by atoms with Gasteiger partial charge in [0, 0.05) is 23.8 Å². The van der Waals surface area contributed by atoms with E-state index < -0.39 is 0 Å². The number of benzene rings is 2. The fourth-order valence-electron chi connectivity index (χ4n) is 4.50. The second kappa shape index (κ2) is 14.0. The lowest BCUT2D eigenvalue weighted by molar-refractivity contribution is 0.330. The van der Waals surface area contributed by atoms with Crippen LogP contribution in [0.1, 0.15) is 75.3 Å². The third kappa shape index (κ3) is 7.02. The number of pyridine rings is 1. The lowest BCUT2D eigenvalue weighted by Crippen LogP contribution is -2.20. The maximum atomic E-state index is 6.09. The van der Waals surface area contributed by atoms with Crippen molar-refractivity contribution in [2.24, 2.45) is 5.73 Å². The van der Waals surface area contributed by atoms with Crippen LogP contribution < -0.4 is 11.5 Å². The molecular weight excluding hydrogens is 404 g/mol. The van der Waals surface area contributed by atoms with Gasteiger partial charge in [-0.1, -0.05) is 46.8 Å². The number of likely N-dealkylation sites (tertiary alicyclic amines) is 1. The normalized spacial score (nSPS) is 13.3. The molecule has 0 aliphatic carbocycles. The molecule has 4 heteroatoms. The molecule has 4 nitrogen and oxygen atoms in total. The fourth-order valence-corrected chi connectivity index (χ4v) is 4.50. The lowest BCUT2D eigenvalue weighted by Gasteiger charge is -2.19. The topological polar surface area (TPSA) is 68.2 Å². The van der Waals surface area contributed by atoms with Crippen molar-refractivity contribution in [3.05, 3.63) is 70.4 Å². The summed E-state index contributed by atoms with van der Waals surface area (Å²) in [6.07, 6.45) is 7.32. The first-order valence-corrected chi connectivity index (χ1v) is 12.9. The predicted octanol–water partition coefficient (Wildman–Crippen LogP) is 6.12. The quantitative estimate of drug-likeness (QED) is 0.427. The van der Waals surface area contributed by atoms with Gasteiger partial charge in [0.05, 0.1) is 5.52 Å². The third-order valence-electron chi connectivity index (χ3n) is 6.14. The summed E-state index contributed by atoms with van der Waals surface area (Å²) in [4.78, 5) is 7.25. The van der Waals surface area contributed by atoms with E-state index in [1.54, 1.807) is 0 Å². The first-order chi connectivity index (χ1) is 16.2. The second-order valence-electron chi connectivity index (χ2n) is 8.19. The average molecular weight is 449 g/mol. The number of nitrogens with zero attached hydrogens (tertiary/aromatic N) is 2. The van der Waals surface area contributed by atoms with E-state index in [-0.39, 0.29) is 0 Å². The summed E-state index contributed by atoms with van der Waals surface area (Å²) in [5.74, 6) is 0. The first kappa shape index (κ1) is 26.8. The smallest absolute Gasteiger partial charge is 0.0708 e. The number of anilines is 1. The zero-order valence-electron chi connectivity index (χ0n) is 21.5. The Bertz CT molecular complexity index is 990. The monoisotopic (exact) mass is 448 g/mol. The lowest BCUT2D eigenvalue weighted by atomic mass is 9.95. The highest BCUT2D eigenvalue weighted by molar-refractivity contribution is 5.84. The Balaban J connectivity index is 0.000000914. The molecule has 0 amide bonds. The highest BCUT2D eigenvalue weighted by atomic mass is 15.1. The minimum Gasteiger partial charge on any atom is -0.399 e. The predicted molar refractivity (Wildman–Crippen MR) is 145 cm³/mol. The van der Waals surface area contributed by atoms with Crippen LogP contribution in [0.4, 0.5) is 5.69 Å². The van der Waals surface area contributed by atoms with Crippen LogP contribution in [0.25, 0.3) is 10.9 Å². The number of rotatable bonds is 7. The summed E-state index contributed by atoms with van der Waals surface area (Å²) in [5, 5.41) is 1.25. The molecule has 0 bridgehead atoms. The van der Waals surface area contributed by atoms with Gasteiger partial charge in [0.15, 0.2) is 0 Å². The SMILES string of the molecule is CC.CC.CCc1cc(Cc2ccnc3cc(CN4CCCC4)c(CCN)cc23)ccc1N. The van der Waals surface area contributed by atoms with E-state index in [2.05, 4.69) is 42.2 Å². The summed E-state index contributed by atoms with van der Waals surface area (Å²) in [6.45, 7) is 14.2. The van der Waals surface area contributed by atoms with Crippen LogP contribution in [-0.2, 0) is 25.8 Å². The summed E-state index contributed by atoms with van der Waals surface area (Å²) in [5.41, 5.74) is 20.6. The standard InChI is InChI=1S/C25H32N4.2C2H6/c1-2-19-13-18(5-6-24(19)27)14-21-8-10-28-25-16-22(17-29-11-3-4-12-29)20(7-9-26)15-23(21)25;2*1-2/h5-6,8,10,13,15-16H,2-4,7,9,11-12,14,17,26-27H2,1H3;2*1-2H3. The van der Waals surface area contributed by atoms with Gasteiger partial charge in [-0.2, -0.15) is 0 Å². The third-order valence-corrected chi connectivity index (χ3v) is 6.14. The van der Waals surface area contributed by atoms with Gasteiger partial charge in [-0.3, -0.25) is 9.88 Å². The molecule has 4 rings (SSSR count). The van der Waals surface area contributed by atoms with Crippen molar-refractivity contribution in [3.8, 4) is 0 Å². The molecule has 0 spiro atoms.